The monoisotopic (exact) mass is 351 g/mol. The largest absolute Gasteiger partial charge is 0.366 e. The minimum Gasteiger partial charge on any atom is -0.366 e. The van der Waals surface area contributed by atoms with Crippen LogP contribution in [0.25, 0.3) is 11.4 Å². The van der Waals surface area contributed by atoms with Gasteiger partial charge in [0.2, 0.25) is 0 Å². The van der Waals surface area contributed by atoms with Gasteiger partial charge in [0, 0.05) is 32.4 Å². The van der Waals surface area contributed by atoms with Gasteiger partial charge in [0.1, 0.15) is 17.2 Å². The first kappa shape index (κ1) is 16.3. The lowest BCUT2D eigenvalue weighted by Crippen LogP contribution is -2.49. The van der Waals surface area contributed by atoms with Crippen LogP contribution in [0.1, 0.15) is 10.5 Å². The summed E-state index contributed by atoms with van der Waals surface area (Å²) in [6, 6.07) is 14.0. The van der Waals surface area contributed by atoms with Gasteiger partial charge in [0.15, 0.2) is 0 Å². The first-order valence-electron chi connectivity index (χ1n) is 8.48. The van der Waals surface area contributed by atoms with Crippen molar-refractivity contribution in [3.8, 4) is 11.4 Å². The number of hydrogen-bond donors (Lipinski definition) is 1. The zero-order valence-electron chi connectivity index (χ0n) is 14.1. The summed E-state index contributed by atoms with van der Waals surface area (Å²) in [5, 5.41) is 6.98. The van der Waals surface area contributed by atoms with E-state index < -0.39 is 0 Å². The Morgan fingerprint density at radius 2 is 1.77 bits per heavy atom. The number of aromatic nitrogens is 3. The number of rotatable bonds is 3. The third-order valence-electron chi connectivity index (χ3n) is 4.50. The summed E-state index contributed by atoms with van der Waals surface area (Å²) >= 11 is 0. The molecule has 0 unspecified atom stereocenters. The molecule has 1 aliphatic rings. The number of nitrogens with zero attached hydrogens (tertiary/aromatic N) is 4. The smallest absolute Gasteiger partial charge is 0.272 e. The predicted molar refractivity (Wildman–Crippen MR) is 96.3 cm³/mol. The van der Waals surface area contributed by atoms with Gasteiger partial charge in [-0.2, -0.15) is 5.10 Å². The molecule has 6 nitrogen and oxygen atoms in total. The van der Waals surface area contributed by atoms with Crippen LogP contribution in [-0.4, -0.2) is 52.2 Å². The molecule has 2 aromatic heterocycles. The Balaban J connectivity index is 1.43. The van der Waals surface area contributed by atoms with Crippen molar-refractivity contribution in [1.82, 2.24) is 20.1 Å². The van der Waals surface area contributed by atoms with Crippen molar-refractivity contribution in [3.63, 3.8) is 0 Å². The average Bonchev–Trinajstić information content (AvgIpc) is 3.19. The van der Waals surface area contributed by atoms with Crippen LogP contribution in [0.3, 0.4) is 0 Å². The molecule has 0 spiro atoms. The van der Waals surface area contributed by atoms with Gasteiger partial charge in [0.25, 0.3) is 5.91 Å². The molecule has 132 valence electrons. The molecule has 1 aromatic carbocycles. The van der Waals surface area contributed by atoms with Gasteiger partial charge in [-0.25, -0.2) is 4.39 Å². The highest BCUT2D eigenvalue weighted by atomic mass is 19.1. The van der Waals surface area contributed by atoms with Gasteiger partial charge in [-0.05, 0) is 30.3 Å². The maximum Gasteiger partial charge on any atom is 0.272 e. The Hall–Kier alpha value is -3.22. The van der Waals surface area contributed by atoms with E-state index in [1.165, 1.54) is 6.07 Å². The van der Waals surface area contributed by atoms with Gasteiger partial charge < -0.3 is 9.80 Å². The SMILES string of the molecule is O=C(c1cc(-c2ccccn2)n[nH]1)N1CCN(c2ccccc2F)CC1. The molecular weight excluding hydrogens is 333 g/mol. The van der Waals surface area contributed by atoms with E-state index in [2.05, 4.69) is 15.2 Å². The number of pyridine rings is 1. The number of halogens is 1. The lowest BCUT2D eigenvalue weighted by atomic mass is 10.2. The molecule has 0 atom stereocenters. The lowest BCUT2D eigenvalue weighted by molar-refractivity contribution is 0.0740. The fourth-order valence-corrected chi connectivity index (χ4v) is 3.11. The lowest BCUT2D eigenvalue weighted by Gasteiger charge is -2.36. The van der Waals surface area contributed by atoms with Crippen LogP contribution in [0, 0.1) is 5.82 Å². The van der Waals surface area contributed by atoms with E-state index in [1.807, 2.05) is 29.2 Å². The molecule has 0 saturated carbocycles. The van der Waals surface area contributed by atoms with Gasteiger partial charge in [-0.15, -0.1) is 0 Å². The van der Waals surface area contributed by atoms with E-state index in [1.54, 1.807) is 29.3 Å². The molecule has 3 heterocycles. The van der Waals surface area contributed by atoms with Crippen molar-refractivity contribution in [2.45, 2.75) is 0 Å². The van der Waals surface area contributed by atoms with E-state index in [0.717, 1.165) is 0 Å². The highest BCUT2D eigenvalue weighted by molar-refractivity contribution is 5.93. The molecule has 0 radical (unpaired) electrons. The van der Waals surface area contributed by atoms with Crippen LogP contribution in [0.15, 0.2) is 54.7 Å². The minimum atomic E-state index is -0.235. The normalized spacial score (nSPS) is 14.5. The van der Waals surface area contributed by atoms with Crippen molar-refractivity contribution in [1.29, 1.82) is 0 Å². The molecule has 7 heteroatoms. The maximum atomic E-state index is 13.9. The van der Waals surface area contributed by atoms with E-state index in [-0.39, 0.29) is 11.7 Å². The Bertz CT molecular complexity index is 903. The number of amides is 1. The van der Waals surface area contributed by atoms with E-state index >= 15 is 0 Å². The van der Waals surface area contributed by atoms with E-state index in [9.17, 15) is 9.18 Å². The van der Waals surface area contributed by atoms with Crippen molar-refractivity contribution >= 4 is 11.6 Å². The standard InChI is InChI=1S/C19H18FN5O/c20-14-5-1-2-7-18(14)24-9-11-25(12-10-24)19(26)17-13-16(22-23-17)15-6-3-4-8-21-15/h1-8,13H,9-12H2,(H,22,23). The third kappa shape index (κ3) is 3.15. The fourth-order valence-electron chi connectivity index (χ4n) is 3.11. The van der Waals surface area contributed by atoms with Gasteiger partial charge in [-0.3, -0.25) is 14.9 Å². The second-order valence-corrected chi connectivity index (χ2v) is 6.11. The first-order valence-corrected chi connectivity index (χ1v) is 8.48. The molecule has 1 fully saturated rings. The maximum absolute atomic E-state index is 13.9. The van der Waals surface area contributed by atoms with Crippen molar-refractivity contribution in [2.75, 3.05) is 31.1 Å². The second kappa shape index (κ2) is 6.95. The number of carbonyl (C=O) groups excluding carboxylic acids is 1. The summed E-state index contributed by atoms with van der Waals surface area (Å²) < 4.78 is 13.9. The topological polar surface area (TPSA) is 65.1 Å². The molecule has 26 heavy (non-hydrogen) atoms. The molecule has 4 rings (SSSR count). The van der Waals surface area contributed by atoms with Crippen molar-refractivity contribution in [3.05, 3.63) is 66.2 Å². The van der Waals surface area contributed by atoms with Crippen LogP contribution >= 0.6 is 0 Å². The first-order chi connectivity index (χ1) is 12.7. The van der Waals surface area contributed by atoms with Crippen molar-refractivity contribution < 1.29 is 9.18 Å². The van der Waals surface area contributed by atoms with Crippen LogP contribution in [0.4, 0.5) is 10.1 Å². The molecule has 1 saturated heterocycles. The van der Waals surface area contributed by atoms with Gasteiger partial charge in [0.05, 0.1) is 11.4 Å². The zero-order valence-corrected chi connectivity index (χ0v) is 14.1. The Kier molecular flexibility index (Phi) is 4.35. The summed E-state index contributed by atoms with van der Waals surface area (Å²) in [4.78, 5) is 20.7. The van der Waals surface area contributed by atoms with Crippen LogP contribution in [-0.2, 0) is 0 Å². The molecule has 1 aliphatic heterocycles. The van der Waals surface area contributed by atoms with Crippen molar-refractivity contribution in [2.24, 2.45) is 0 Å². The van der Waals surface area contributed by atoms with Gasteiger partial charge >= 0.3 is 0 Å². The van der Waals surface area contributed by atoms with Crippen LogP contribution in [0.5, 0.6) is 0 Å². The summed E-state index contributed by atoms with van der Waals surface area (Å²) in [6.07, 6.45) is 1.69. The Morgan fingerprint density at radius 1 is 1.00 bits per heavy atom. The quantitative estimate of drug-likeness (QED) is 0.788. The number of piperazine rings is 1. The highest BCUT2D eigenvalue weighted by Crippen LogP contribution is 2.21. The van der Waals surface area contributed by atoms with Gasteiger partial charge in [-0.1, -0.05) is 18.2 Å². The number of para-hydroxylation sites is 1. The molecule has 0 aliphatic carbocycles. The van der Waals surface area contributed by atoms with Crippen LogP contribution < -0.4 is 4.90 Å². The number of aromatic amines is 1. The number of nitrogens with one attached hydrogen (secondary N) is 1. The number of carbonyl (C=O) groups is 1. The molecule has 3 aromatic rings. The van der Waals surface area contributed by atoms with Crippen LogP contribution in [0.2, 0.25) is 0 Å². The summed E-state index contributed by atoms with van der Waals surface area (Å²) in [5.74, 6) is -0.339. The third-order valence-corrected chi connectivity index (χ3v) is 4.50. The second-order valence-electron chi connectivity index (χ2n) is 6.11. The summed E-state index contributed by atoms with van der Waals surface area (Å²) in [7, 11) is 0. The predicted octanol–water partition coefficient (Wildman–Crippen LogP) is 2.57. The number of H-pyrrole nitrogens is 1. The molecular formula is C19H18FN5O. The number of hydrogen-bond acceptors (Lipinski definition) is 4. The number of benzene rings is 1. The number of anilines is 1. The summed E-state index contributed by atoms with van der Waals surface area (Å²) in [6.45, 7) is 2.25. The van der Waals surface area contributed by atoms with E-state index in [0.29, 0.717) is 48.9 Å². The minimum absolute atomic E-state index is 0.104. The fraction of sp³-hybridized carbons (Fsp3) is 0.211. The summed E-state index contributed by atoms with van der Waals surface area (Å²) in [5.41, 5.74) is 2.37. The Morgan fingerprint density at radius 3 is 2.50 bits per heavy atom. The van der Waals surface area contributed by atoms with E-state index in [4.69, 9.17) is 0 Å². The Labute approximate surface area is 150 Å². The molecule has 0 bridgehead atoms. The highest BCUT2D eigenvalue weighted by Gasteiger charge is 2.24. The molecule has 1 N–H and O–H groups in total. The zero-order chi connectivity index (χ0) is 17.9. The average molecular weight is 351 g/mol. The molecule has 1 amide bonds.